The molecule has 148 valence electrons. The summed E-state index contributed by atoms with van der Waals surface area (Å²) in [4.78, 5) is 1.39. The third kappa shape index (κ3) is 4.57. The molecule has 4 aromatic rings. The quantitative estimate of drug-likeness (QED) is 0.262. The van der Waals surface area contributed by atoms with Crippen molar-refractivity contribution in [2.75, 3.05) is 13.7 Å². The topological polar surface area (TPSA) is 27.7 Å². The van der Waals surface area contributed by atoms with E-state index in [1.54, 1.807) is 18.4 Å². The minimum Gasteiger partial charge on any atom is -0.497 e. The smallest absolute Gasteiger partial charge is 0.153 e. The van der Waals surface area contributed by atoms with Gasteiger partial charge in [-0.15, -0.1) is 11.3 Å². The summed E-state index contributed by atoms with van der Waals surface area (Å²) in [6.45, 7) is 2.68. The molecule has 0 amide bonds. The van der Waals surface area contributed by atoms with E-state index in [1.165, 1.54) is 4.70 Å². The van der Waals surface area contributed by atoms with Gasteiger partial charge in [0.2, 0.25) is 0 Å². The van der Waals surface area contributed by atoms with E-state index >= 15 is 0 Å². The first-order valence-electron chi connectivity index (χ1n) is 9.35. The van der Waals surface area contributed by atoms with Gasteiger partial charge in [0.05, 0.1) is 12.0 Å². The van der Waals surface area contributed by atoms with Crippen LogP contribution in [0.25, 0.3) is 20.5 Å². The number of alkyl halides is 1. The van der Waals surface area contributed by atoms with Crippen molar-refractivity contribution in [1.29, 1.82) is 0 Å². The Balaban J connectivity index is 1.69. The molecule has 0 radical (unpaired) electrons. The molecule has 1 atom stereocenters. The van der Waals surface area contributed by atoms with Crippen molar-refractivity contribution in [3.8, 4) is 33.4 Å². The van der Waals surface area contributed by atoms with Gasteiger partial charge in [0.25, 0.3) is 0 Å². The van der Waals surface area contributed by atoms with Gasteiger partial charge in [0.1, 0.15) is 23.9 Å². The zero-order chi connectivity index (χ0) is 20.2. The van der Waals surface area contributed by atoms with Gasteiger partial charge in [-0.1, -0.05) is 40.2 Å². The van der Waals surface area contributed by atoms with E-state index in [1.807, 2.05) is 48.5 Å². The van der Waals surface area contributed by atoms with Crippen molar-refractivity contribution in [2.24, 2.45) is 0 Å². The maximum Gasteiger partial charge on any atom is 0.153 e. The van der Waals surface area contributed by atoms with Crippen molar-refractivity contribution in [1.82, 2.24) is 0 Å². The van der Waals surface area contributed by atoms with E-state index < -0.39 is 0 Å². The van der Waals surface area contributed by atoms with Crippen LogP contribution in [-0.4, -0.2) is 18.5 Å². The summed E-state index contributed by atoms with van der Waals surface area (Å²) < 4.78 is 18.7. The number of benzene rings is 3. The molecule has 1 unspecified atom stereocenters. The highest BCUT2D eigenvalue weighted by Crippen LogP contribution is 2.46. The Hall–Kier alpha value is -2.50. The zero-order valence-corrected chi connectivity index (χ0v) is 18.6. The molecule has 3 nitrogen and oxygen atoms in total. The van der Waals surface area contributed by atoms with Crippen LogP contribution in [0.4, 0.5) is 0 Å². The summed E-state index contributed by atoms with van der Waals surface area (Å²) in [6, 6.07) is 24.1. The predicted molar refractivity (Wildman–Crippen MR) is 124 cm³/mol. The number of ether oxygens (including phenoxy) is 3. The number of methoxy groups -OCH3 is 1. The molecule has 0 aliphatic carbocycles. The van der Waals surface area contributed by atoms with E-state index in [0.29, 0.717) is 11.4 Å². The SMILES string of the molecule is COc1cccc(-c2sc3ccccc3c2Oc2ccc(OCC(C)Br)cc2)c1. The fourth-order valence-electron chi connectivity index (χ4n) is 3.01. The monoisotopic (exact) mass is 468 g/mol. The van der Waals surface area contributed by atoms with Crippen molar-refractivity contribution in [3.05, 3.63) is 72.8 Å². The number of rotatable bonds is 7. The summed E-state index contributed by atoms with van der Waals surface area (Å²) >= 11 is 5.21. The van der Waals surface area contributed by atoms with Gasteiger partial charge in [0.15, 0.2) is 5.75 Å². The first kappa shape index (κ1) is 19.8. The van der Waals surface area contributed by atoms with E-state index in [2.05, 4.69) is 47.1 Å². The van der Waals surface area contributed by atoms with Crippen LogP contribution in [0.15, 0.2) is 72.8 Å². The number of thiophene rings is 1. The molecule has 0 aliphatic heterocycles. The van der Waals surface area contributed by atoms with E-state index in [4.69, 9.17) is 14.2 Å². The van der Waals surface area contributed by atoms with Crippen LogP contribution in [0.5, 0.6) is 23.0 Å². The normalized spacial score (nSPS) is 12.0. The Morgan fingerprint density at radius 3 is 2.41 bits per heavy atom. The van der Waals surface area contributed by atoms with Crippen LogP contribution in [0.1, 0.15) is 6.92 Å². The van der Waals surface area contributed by atoms with Gasteiger partial charge in [0, 0.05) is 14.9 Å². The highest BCUT2D eigenvalue weighted by molar-refractivity contribution is 9.09. The highest BCUT2D eigenvalue weighted by Gasteiger charge is 2.16. The molecule has 4 rings (SSSR count). The second-order valence-corrected chi connectivity index (χ2v) is 9.27. The molecule has 0 saturated heterocycles. The van der Waals surface area contributed by atoms with Crippen LogP contribution in [0.3, 0.4) is 0 Å². The van der Waals surface area contributed by atoms with Gasteiger partial charge in [-0.05, 0) is 61.0 Å². The molecule has 0 N–H and O–H groups in total. The molecule has 1 heterocycles. The minimum absolute atomic E-state index is 0.306. The maximum absolute atomic E-state index is 6.38. The fraction of sp³-hybridized carbons (Fsp3) is 0.167. The lowest BCUT2D eigenvalue weighted by Gasteiger charge is -2.11. The standard InChI is InChI=1S/C24H21BrO3S/c1-16(25)15-27-18-10-12-19(13-11-18)28-23-21-8-3-4-9-22(21)29-24(23)17-6-5-7-20(14-17)26-2/h3-14,16H,15H2,1-2H3. The van der Waals surface area contributed by atoms with Crippen molar-refractivity contribution in [2.45, 2.75) is 11.8 Å². The van der Waals surface area contributed by atoms with E-state index in [9.17, 15) is 0 Å². The molecule has 3 aromatic carbocycles. The van der Waals surface area contributed by atoms with Crippen LogP contribution in [0.2, 0.25) is 0 Å². The molecule has 0 spiro atoms. The summed E-state index contributed by atoms with van der Waals surface area (Å²) in [5.74, 6) is 3.29. The number of fused-ring (bicyclic) bond motifs is 1. The van der Waals surface area contributed by atoms with Gasteiger partial charge >= 0.3 is 0 Å². The Kier molecular flexibility index (Phi) is 6.07. The molecule has 0 saturated carbocycles. The molecule has 0 bridgehead atoms. The first-order valence-corrected chi connectivity index (χ1v) is 11.1. The molecular weight excluding hydrogens is 448 g/mol. The van der Waals surface area contributed by atoms with Gasteiger partial charge in [-0.2, -0.15) is 0 Å². The molecule has 0 fully saturated rings. The van der Waals surface area contributed by atoms with Crippen molar-refractivity contribution < 1.29 is 14.2 Å². The summed E-state index contributed by atoms with van der Waals surface area (Å²) in [5, 5.41) is 1.10. The third-order valence-corrected chi connectivity index (χ3v) is 5.87. The second kappa shape index (κ2) is 8.89. The van der Waals surface area contributed by atoms with E-state index in [-0.39, 0.29) is 0 Å². The molecular formula is C24H21BrO3S. The molecule has 1 aromatic heterocycles. The van der Waals surface area contributed by atoms with Crippen molar-refractivity contribution in [3.63, 3.8) is 0 Å². The maximum atomic E-state index is 6.38. The van der Waals surface area contributed by atoms with Crippen LogP contribution in [0, 0.1) is 0 Å². The minimum atomic E-state index is 0.306. The first-order chi connectivity index (χ1) is 14.1. The summed E-state index contributed by atoms with van der Waals surface area (Å²) in [6.07, 6.45) is 0. The van der Waals surface area contributed by atoms with Gasteiger partial charge < -0.3 is 14.2 Å². The summed E-state index contributed by atoms with van der Waals surface area (Å²) in [7, 11) is 1.68. The lowest BCUT2D eigenvalue weighted by atomic mass is 10.1. The fourth-order valence-corrected chi connectivity index (χ4v) is 4.27. The molecule has 5 heteroatoms. The van der Waals surface area contributed by atoms with Crippen LogP contribution < -0.4 is 14.2 Å². The van der Waals surface area contributed by atoms with Crippen LogP contribution in [-0.2, 0) is 0 Å². The lowest BCUT2D eigenvalue weighted by Crippen LogP contribution is -2.06. The van der Waals surface area contributed by atoms with Crippen molar-refractivity contribution >= 4 is 37.4 Å². The lowest BCUT2D eigenvalue weighted by molar-refractivity contribution is 0.323. The zero-order valence-electron chi connectivity index (χ0n) is 16.2. The number of halogens is 1. The summed E-state index contributed by atoms with van der Waals surface area (Å²) in [5.41, 5.74) is 1.08. The molecule has 0 aliphatic rings. The Morgan fingerprint density at radius 1 is 0.897 bits per heavy atom. The second-order valence-electron chi connectivity index (χ2n) is 6.65. The average molecular weight is 469 g/mol. The van der Waals surface area contributed by atoms with E-state index in [0.717, 1.165) is 38.8 Å². The Morgan fingerprint density at radius 2 is 1.66 bits per heavy atom. The van der Waals surface area contributed by atoms with Crippen LogP contribution >= 0.6 is 27.3 Å². The largest absolute Gasteiger partial charge is 0.497 e. The molecule has 29 heavy (non-hydrogen) atoms. The van der Waals surface area contributed by atoms with Gasteiger partial charge in [-0.3, -0.25) is 0 Å². The third-order valence-electron chi connectivity index (χ3n) is 4.41. The average Bonchev–Trinajstić information content (AvgIpc) is 3.12. The van der Waals surface area contributed by atoms with Gasteiger partial charge in [-0.25, -0.2) is 0 Å². The Bertz CT molecular complexity index is 1100. The highest BCUT2D eigenvalue weighted by atomic mass is 79.9. The Labute approximate surface area is 183 Å². The number of hydrogen-bond acceptors (Lipinski definition) is 4. The predicted octanol–water partition coefficient (Wildman–Crippen LogP) is 7.53. The number of hydrogen-bond donors (Lipinski definition) is 0.